The minimum absolute atomic E-state index is 0.0560. The number of alkyl halides is 3. The van der Waals surface area contributed by atoms with Crippen LogP contribution in [0.4, 0.5) is 13.2 Å². The number of rotatable bonds is 3. The molecule has 5 nitrogen and oxygen atoms in total. The van der Waals surface area contributed by atoms with Crippen molar-refractivity contribution in [3.8, 4) is 0 Å². The summed E-state index contributed by atoms with van der Waals surface area (Å²) in [4.78, 5) is 11.3. The summed E-state index contributed by atoms with van der Waals surface area (Å²) >= 11 is 0. The van der Waals surface area contributed by atoms with Gasteiger partial charge in [-0.1, -0.05) is 0 Å². The van der Waals surface area contributed by atoms with Gasteiger partial charge >= 0.3 is 12.1 Å². The van der Waals surface area contributed by atoms with Gasteiger partial charge in [0.15, 0.2) is 0 Å². The Kier molecular flexibility index (Phi) is 3.48. The number of hydrogen-bond donors (Lipinski definition) is 1. The summed E-state index contributed by atoms with van der Waals surface area (Å²) in [6.45, 7) is -0.0812. The second-order valence-corrected chi connectivity index (χ2v) is 5.53. The molecule has 0 aliphatic carbocycles. The SMILES string of the molecule is CS(=O)(=O)NCC1CN(C(=O)C(F)(F)F)C1. The number of amides is 1. The third kappa shape index (κ3) is 3.63. The molecule has 1 rings (SSSR count). The fourth-order valence-electron chi connectivity index (χ4n) is 1.31. The summed E-state index contributed by atoms with van der Waals surface area (Å²) in [6, 6.07) is 0. The number of nitrogens with one attached hydrogen (secondary N) is 1. The third-order valence-electron chi connectivity index (χ3n) is 2.12. The van der Waals surface area contributed by atoms with Crippen LogP contribution in [0.15, 0.2) is 0 Å². The van der Waals surface area contributed by atoms with Crippen LogP contribution in [-0.4, -0.2) is 51.3 Å². The van der Waals surface area contributed by atoms with Crippen LogP contribution in [0, 0.1) is 5.92 Å². The molecular weight excluding hydrogens is 249 g/mol. The Bertz CT molecular complexity index is 373. The van der Waals surface area contributed by atoms with Crippen LogP contribution in [-0.2, 0) is 14.8 Å². The topological polar surface area (TPSA) is 66.5 Å². The molecule has 0 aromatic rings. The van der Waals surface area contributed by atoms with Gasteiger partial charge in [-0.15, -0.1) is 0 Å². The van der Waals surface area contributed by atoms with E-state index in [2.05, 4.69) is 4.72 Å². The first-order chi connectivity index (χ1) is 7.09. The molecule has 94 valence electrons. The van der Waals surface area contributed by atoms with Gasteiger partial charge in [-0.3, -0.25) is 4.79 Å². The largest absolute Gasteiger partial charge is 0.471 e. The fraction of sp³-hybridized carbons (Fsp3) is 0.857. The lowest BCUT2D eigenvalue weighted by molar-refractivity contribution is -0.191. The van der Waals surface area contributed by atoms with E-state index in [0.717, 1.165) is 6.26 Å². The van der Waals surface area contributed by atoms with Gasteiger partial charge in [0.2, 0.25) is 10.0 Å². The molecule has 0 unspecified atom stereocenters. The van der Waals surface area contributed by atoms with E-state index in [-0.39, 0.29) is 25.6 Å². The maximum atomic E-state index is 11.9. The highest BCUT2D eigenvalue weighted by Gasteiger charge is 2.46. The monoisotopic (exact) mass is 260 g/mol. The second kappa shape index (κ2) is 4.21. The van der Waals surface area contributed by atoms with Gasteiger partial charge in [0.05, 0.1) is 6.26 Å². The first-order valence-electron chi connectivity index (χ1n) is 4.40. The quantitative estimate of drug-likeness (QED) is 0.748. The average Bonchev–Trinajstić information content (AvgIpc) is 1.96. The lowest BCUT2D eigenvalue weighted by Gasteiger charge is -2.39. The second-order valence-electron chi connectivity index (χ2n) is 3.69. The van der Waals surface area contributed by atoms with Crippen LogP contribution < -0.4 is 4.72 Å². The van der Waals surface area contributed by atoms with Crippen molar-refractivity contribution in [3.63, 3.8) is 0 Å². The third-order valence-corrected chi connectivity index (χ3v) is 2.81. The maximum Gasteiger partial charge on any atom is 0.471 e. The Balaban J connectivity index is 2.31. The van der Waals surface area contributed by atoms with Crippen molar-refractivity contribution in [2.24, 2.45) is 5.92 Å². The summed E-state index contributed by atoms with van der Waals surface area (Å²) in [6.07, 6.45) is -3.89. The summed E-state index contributed by atoms with van der Waals surface area (Å²) in [5.41, 5.74) is 0. The Labute approximate surface area is 90.7 Å². The Morgan fingerprint density at radius 3 is 2.31 bits per heavy atom. The Morgan fingerprint density at radius 1 is 1.44 bits per heavy atom. The lowest BCUT2D eigenvalue weighted by atomic mass is 10.0. The minimum Gasteiger partial charge on any atom is -0.334 e. The molecule has 0 aromatic carbocycles. The summed E-state index contributed by atoms with van der Waals surface area (Å²) < 4.78 is 59.3. The molecule has 0 spiro atoms. The molecule has 0 bridgehead atoms. The standard InChI is InChI=1S/C7H11F3N2O3S/c1-16(14,15)11-2-5-3-12(4-5)6(13)7(8,9)10/h5,11H,2-4H2,1H3. The molecule has 1 aliphatic rings. The van der Waals surface area contributed by atoms with E-state index in [1.54, 1.807) is 0 Å². The molecule has 16 heavy (non-hydrogen) atoms. The normalized spacial score (nSPS) is 18.4. The number of hydrogen-bond acceptors (Lipinski definition) is 3. The number of carbonyl (C=O) groups is 1. The minimum atomic E-state index is -4.85. The number of likely N-dealkylation sites (tertiary alicyclic amines) is 1. The van der Waals surface area contributed by atoms with Crippen molar-refractivity contribution in [1.29, 1.82) is 0 Å². The van der Waals surface area contributed by atoms with Crippen LogP contribution in [0.5, 0.6) is 0 Å². The molecule has 9 heteroatoms. The summed E-state index contributed by atoms with van der Waals surface area (Å²) in [7, 11) is -3.34. The van der Waals surface area contributed by atoms with Crippen molar-refractivity contribution in [1.82, 2.24) is 9.62 Å². The Morgan fingerprint density at radius 2 is 1.94 bits per heavy atom. The Hall–Kier alpha value is -0.830. The number of halogens is 3. The summed E-state index contributed by atoms with van der Waals surface area (Å²) in [5.74, 6) is -2.12. The average molecular weight is 260 g/mol. The highest BCUT2D eigenvalue weighted by molar-refractivity contribution is 7.88. The predicted molar refractivity (Wildman–Crippen MR) is 49.0 cm³/mol. The number of sulfonamides is 1. The molecule has 0 saturated carbocycles. The van der Waals surface area contributed by atoms with E-state index in [9.17, 15) is 26.4 Å². The van der Waals surface area contributed by atoms with Crippen LogP contribution >= 0.6 is 0 Å². The van der Waals surface area contributed by atoms with E-state index in [0.29, 0.717) is 4.90 Å². The zero-order chi connectivity index (χ0) is 12.6. The van der Waals surface area contributed by atoms with Gasteiger partial charge < -0.3 is 4.90 Å². The van der Waals surface area contributed by atoms with Crippen molar-refractivity contribution in [2.75, 3.05) is 25.9 Å². The molecular formula is C7H11F3N2O3S. The first kappa shape index (κ1) is 13.2. The predicted octanol–water partition coefficient (Wildman–Crippen LogP) is -0.444. The fourth-order valence-corrected chi connectivity index (χ4v) is 1.85. The van der Waals surface area contributed by atoms with Gasteiger partial charge in [0, 0.05) is 25.6 Å². The van der Waals surface area contributed by atoms with Gasteiger partial charge in [-0.2, -0.15) is 13.2 Å². The van der Waals surface area contributed by atoms with Gasteiger partial charge in [-0.05, 0) is 0 Å². The van der Waals surface area contributed by atoms with Crippen molar-refractivity contribution in [3.05, 3.63) is 0 Å². The highest BCUT2D eigenvalue weighted by Crippen LogP contribution is 2.24. The maximum absolute atomic E-state index is 11.9. The molecule has 1 saturated heterocycles. The van der Waals surface area contributed by atoms with E-state index in [1.165, 1.54) is 0 Å². The zero-order valence-electron chi connectivity index (χ0n) is 8.41. The van der Waals surface area contributed by atoms with Crippen LogP contribution in [0.1, 0.15) is 0 Å². The van der Waals surface area contributed by atoms with Gasteiger partial charge in [0.25, 0.3) is 0 Å². The van der Waals surface area contributed by atoms with E-state index in [4.69, 9.17) is 0 Å². The first-order valence-corrected chi connectivity index (χ1v) is 6.29. The molecule has 1 heterocycles. The van der Waals surface area contributed by atoms with Crippen molar-refractivity contribution in [2.45, 2.75) is 6.18 Å². The molecule has 1 N–H and O–H groups in total. The summed E-state index contributed by atoms with van der Waals surface area (Å²) in [5, 5.41) is 0. The van der Waals surface area contributed by atoms with Crippen molar-refractivity contribution < 1.29 is 26.4 Å². The molecule has 1 aliphatic heterocycles. The van der Waals surface area contributed by atoms with Crippen LogP contribution in [0.2, 0.25) is 0 Å². The molecule has 0 aromatic heterocycles. The van der Waals surface area contributed by atoms with E-state index < -0.39 is 22.1 Å². The smallest absolute Gasteiger partial charge is 0.334 e. The highest BCUT2D eigenvalue weighted by atomic mass is 32.2. The molecule has 1 amide bonds. The number of nitrogens with zero attached hydrogens (tertiary/aromatic N) is 1. The lowest BCUT2D eigenvalue weighted by Crippen LogP contribution is -2.57. The molecule has 0 radical (unpaired) electrons. The van der Waals surface area contributed by atoms with Crippen molar-refractivity contribution >= 4 is 15.9 Å². The zero-order valence-corrected chi connectivity index (χ0v) is 9.23. The van der Waals surface area contributed by atoms with E-state index >= 15 is 0 Å². The number of carbonyl (C=O) groups excluding carboxylic acids is 1. The van der Waals surface area contributed by atoms with Gasteiger partial charge in [0.1, 0.15) is 0 Å². The van der Waals surface area contributed by atoms with Crippen LogP contribution in [0.25, 0.3) is 0 Å². The molecule has 1 fully saturated rings. The van der Waals surface area contributed by atoms with Gasteiger partial charge in [-0.25, -0.2) is 13.1 Å². The van der Waals surface area contributed by atoms with E-state index in [1.807, 2.05) is 0 Å². The van der Waals surface area contributed by atoms with Crippen LogP contribution in [0.3, 0.4) is 0 Å². The molecule has 0 atom stereocenters.